The molecule has 0 aliphatic carbocycles. The molecule has 0 fully saturated rings. The Balaban J connectivity index is 0.00000225. The van der Waals surface area contributed by atoms with Crippen molar-refractivity contribution in [2.75, 3.05) is 13.6 Å². The van der Waals surface area contributed by atoms with Crippen LogP contribution in [0.15, 0.2) is 41.7 Å². The zero-order valence-corrected chi connectivity index (χ0v) is 16.9. The van der Waals surface area contributed by atoms with E-state index in [-0.39, 0.29) is 30.1 Å². The van der Waals surface area contributed by atoms with Crippen molar-refractivity contribution < 1.29 is 4.74 Å². The summed E-state index contributed by atoms with van der Waals surface area (Å²) < 4.78 is 7.82. The first kappa shape index (κ1) is 19.5. The molecule has 0 amide bonds. The van der Waals surface area contributed by atoms with E-state index in [1.54, 1.807) is 13.4 Å². The highest BCUT2D eigenvalue weighted by Crippen LogP contribution is 2.12. The number of guanidine groups is 1. The number of rotatable bonds is 5. The molecule has 2 atom stereocenters. The third-order valence-electron chi connectivity index (χ3n) is 4.01. The second kappa shape index (κ2) is 9.59. The number of benzene rings is 1. The van der Waals surface area contributed by atoms with Crippen molar-refractivity contribution in [1.29, 1.82) is 0 Å². The van der Waals surface area contributed by atoms with Gasteiger partial charge in [-0.2, -0.15) is 5.10 Å². The lowest BCUT2D eigenvalue weighted by atomic mass is 10.1. The summed E-state index contributed by atoms with van der Waals surface area (Å²) in [5.41, 5.74) is 0. The van der Waals surface area contributed by atoms with Crippen molar-refractivity contribution in [1.82, 2.24) is 25.4 Å². The summed E-state index contributed by atoms with van der Waals surface area (Å²) in [6.45, 7) is 3.53. The number of aryl methyl sites for hydroxylation is 1. The van der Waals surface area contributed by atoms with Crippen LogP contribution < -0.4 is 15.4 Å². The van der Waals surface area contributed by atoms with Crippen LogP contribution in [-0.4, -0.2) is 46.5 Å². The number of fused-ring (bicyclic) bond motifs is 1. The van der Waals surface area contributed by atoms with Gasteiger partial charge in [-0.1, -0.05) is 18.2 Å². The first-order chi connectivity index (χ1) is 11.7. The van der Waals surface area contributed by atoms with Gasteiger partial charge in [-0.3, -0.25) is 4.99 Å². The Morgan fingerprint density at radius 2 is 2.20 bits per heavy atom. The number of nitrogens with one attached hydrogen (secondary N) is 2. The largest absolute Gasteiger partial charge is 0.489 e. The molecule has 0 saturated carbocycles. The van der Waals surface area contributed by atoms with Crippen molar-refractivity contribution in [3.63, 3.8) is 0 Å². The lowest BCUT2D eigenvalue weighted by Gasteiger charge is -2.26. The molecule has 1 aliphatic rings. The quantitative estimate of drug-likeness (QED) is 0.408. The average molecular weight is 456 g/mol. The highest BCUT2D eigenvalue weighted by molar-refractivity contribution is 14.0. The highest BCUT2D eigenvalue weighted by Gasteiger charge is 2.20. The topological polar surface area (TPSA) is 76.4 Å². The highest BCUT2D eigenvalue weighted by atomic mass is 127. The molecule has 0 spiro atoms. The van der Waals surface area contributed by atoms with Crippen LogP contribution in [0, 0.1) is 0 Å². The van der Waals surface area contributed by atoms with Gasteiger partial charge in [-0.05, 0) is 25.5 Å². The number of para-hydroxylation sites is 1. The van der Waals surface area contributed by atoms with Gasteiger partial charge < -0.3 is 15.4 Å². The van der Waals surface area contributed by atoms with Crippen LogP contribution in [0.5, 0.6) is 5.75 Å². The first-order valence-corrected chi connectivity index (χ1v) is 8.30. The average Bonchev–Trinajstić information content (AvgIpc) is 3.07. The fraction of sp³-hybridized carbons (Fsp3) is 0.471. The molecule has 2 N–H and O–H groups in total. The van der Waals surface area contributed by atoms with E-state index < -0.39 is 0 Å². The summed E-state index contributed by atoms with van der Waals surface area (Å²) in [5.74, 6) is 2.72. The minimum atomic E-state index is 0. The number of hydrogen-bond donors (Lipinski definition) is 2. The number of ether oxygens (including phenoxy) is 1. The molecule has 8 heteroatoms. The van der Waals surface area contributed by atoms with Crippen LogP contribution in [0.2, 0.25) is 0 Å². The van der Waals surface area contributed by atoms with E-state index in [4.69, 9.17) is 4.74 Å². The van der Waals surface area contributed by atoms with Crippen molar-refractivity contribution in [3.05, 3.63) is 42.5 Å². The van der Waals surface area contributed by atoms with Crippen molar-refractivity contribution in [2.24, 2.45) is 4.99 Å². The van der Waals surface area contributed by atoms with Gasteiger partial charge in [0.15, 0.2) is 5.96 Å². The normalized spacial score (nSPS) is 17.8. The zero-order valence-electron chi connectivity index (χ0n) is 14.6. The third-order valence-corrected chi connectivity index (χ3v) is 4.01. The van der Waals surface area contributed by atoms with E-state index in [9.17, 15) is 0 Å². The van der Waals surface area contributed by atoms with Crippen molar-refractivity contribution >= 4 is 29.9 Å². The van der Waals surface area contributed by atoms with Gasteiger partial charge in [-0.25, -0.2) is 9.67 Å². The summed E-state index contributed by atoms with van der Waals surface area (Å²) in [7, 11) is 1.78. The van der Waals surface area contributed by atoms with Crippen molar-refractivity contribution in [3.8, 4) is 5.75 Å². The number of nitrogens with zero attached hydrogens (tertiary/aromatic N) is 4. The van der Waals surface area contributed by atoms with Gasteiger partial charge in [-0.15, -0.1) is 24.0 Å². The fourth-order valence-corrected chi connectivity index (χ4v) is 2.76. The molecule has 7 nitrogen and oxygen atoms in total. The second-order valence-corrected chi connectivity index (χ2v) is 5.93. The number of hydrogen-bond acceptors (Lipinski definition) is 4. The van der Waals surface area contributed by atoms with E-state index in [1.165, 1.54) is 0 Å². The summed E-state index contributed by atoms with van der Waals surface area (Å²) in [6.07, 6.45) is 3.62. The first-order valence-electron chi connectivity index (χ1n) is 8.30. The molecule has 0 saturated heterocycles. The molecular formula is C17H25IN6O. The molecule has 1 aromatic heterocycles. The molecular weight excluding hydrogens is 431 g/mol. The molecule has 0 radical (unpaired) electrons. The number of halogens is 1. The maximum atomic E-state index is 5.87. The Bertz CT molecular complexity index is 675. The zero-order chi connectivity index (χ0) is 16.8. The Kier molecular flexibility index (Phi) is 7.48. The van der Waals surface area contributed by atoms with E-state index in [1.807, 2.05) is 41.9 Å². The molecule has 2 unspecified atom stereocenters. The van der Waals surface area contributed by atoms with E-state index >= 15 is 0 Å². The predicted molar refractivity (Wildman–Crippen MR) is 109 cm³/mol. The van der Waals surface area contributed by atoms with Gasteiger partial charge >= 0.3 is 0 Å². The molecule has 25 heavy (non-hydrogen) atoms. The lowest BCUT2D eigenvalue weighted by Crippen LogP contribution is -2.48. The van der Waals surface area contributed by atoms with E-state index in [2.05, 4.69) is 25.7 Å². The van der Waals surface area contributed by atoms with Crippen LogP contribution in [0.4, 0.5) is 0 Å². The fourth-order valence-electron chi connectivity index (χ4n) is 2.76. The molecule has 1 aromatic carbocycles. The van der Waals surface area contributed by atoms with Gasteiger partial charge in [0, 0.05) is 19.5 Å². The summed E-state index contributed by atoms with van der Waals surface area (Å²) in [5, 5.41) is 11.0. The van der Waals surface area contributed by atoms with Crippen LogP contribution in [0.3, 0.4) is 0 Å². The number of aromatic nitrogens is 3. The Morgan fingerprint density at radius 1 is 1.40 bits per heavy atom. The number of aliphatic imine (C=N–C) groups is 1. The standard InChI is InChI=1S/C17H24N6O.HI/c1-13(24-15-6-4-3-5-7-15)10-19-17(18-2)22-14-8-9-16-20-12-21-23(16)11-14;/h3-7,12-14H,8-11H2,1-2H3,(H2,18,19,22);1H. The van der Waals surface area contributed by atoms with Crippen molar-refractivity contribution in [2.45, 2.75) is 38.5 Å². The molecule has 2 aromatic rings. The third kappa shape index (κ3) is 5.58. The van der Waals surface area contributed by atoms with Gasteiger partial charge in [0.05, 0.1) is 13.1 Å². The molecule has 2 heterocycles. The summed E-state index contributed by atoms with van der Waals surface area (Å²) in [6, 6.07) is 10.1. The van der Waals surface area contributed by atoms with Gasteiger partial charge in [0.2, 0.25) is 0 Å². The maximum absolute atomic E-state index is 5.87. The Labute approximate surface area is 165 Å². The maximum Gasteiger partial charge on any atom is 0.191 e. The molecule has 0 bridgehead atoms. The monoisotopic (exact) mass is 456 g/mol. The van der Waals surface area contributed by atoms with E-state index in [0.29, 0.717) is 12.6 Å². The minimum absolute atomic E-state index is 0. The van der Waals surface area contributed by atoms with E-state index in [0.717, 1.165) is 36.9 Å². The molecule has 1 aliphatic heterocycles. The second-order valence-electron chi connectivity index (χ2n) is 5.93. The molecule has 136 valence electrons. The smallest absolute Gasteiger partial charge is 0.191 e. The summed E-state index contributed by atoms with van der Waals surface area (Å²) in [4.78, 5) is 8.55. The minimum Gasteiger partial charge on any atom is -0.489 e. The van der Waals surface area contributed by atoms with Crippen LogP contribution in [0.25, 0.3) is 0 Å². The lowest BCUT2D eigenvalue weighted by molar-refractivity contribution is 0.223. The van der Waals surface area contributed by atoms with Crippen LogP contribution in [-0.2, 0) is 13.0 Å². The van der Waals surface area contributed by atoms with Crippen LogP contribution >= 0.6 is 24.0 Å². The molecule has 3 rings (SSSR count). The predicted octanol–water partition coefficient (Wildman–Crippen LogP) is 1.84. The Morgan fingerprint density at radius 3 is 2.96 bits per heavy atom. The summed E-state index contributed by atoms with van der Waals surface area (Å²) >= 11 is 0. The Hall–Kier alpha value is -1.84. The van der Waals surface area contributed by atoms with Crippen LogP contribution in [0.1, 0.15) is 19.2 Å². The van der Waals surface area contributed by atoms with Gasteiger partial charge in [0.1, 0.15) is 24.0 Å². The SMILES string of the molecule is CN=C(NCC(C)Oc1ccccc1)NC1CCc2ncnn2C1.I. The van der Waals surface area contributed by atoms with Gasteiger partial charge in [0.25, 0.3) is 0 Å².